The van der Waals surface area contributed by atoms with E-state index in [0.29, 0.717) is 0 Å². The molecule has 1 aliphatic rings. The summed E-state index contributed by atoms with van der Waals surface area (Å²) in [7, 11) is -0.303. The van der Waals surface area contributed by atoms with Gasteiger partial charge in [-0.25, -0.2) is 0 Å². The molecule has 158 valence electrons. The second-order valence-electron chi connectivity index (χ2n) is 9.59. The number of benzene rings is 4. The fraction of sp³-hybridized carbons (Fsp3) is 0.214. The van der Waals surface area contributed by atoms with Crippen LogP contribution >= 0.6 is 0 Å². The van der Waals surface area contributed by atoms with Gasteiger partial charge in [-0.3, -0.25) is 0 Å². The van der Waals surface area contributed by atoms with Gasteiger partial charge in [0.05, 0.1) is 0 Å². The van der Waals surface area contributed by atoms with Crippen LogP contribution in [0, 0.1) is 0 Å². The van der Waals surface area contributed by atoms with E-state index in [-0.39, 0.29) is 18.3 Å². The molecule has 1 fully saturated rings. The third kappa shape index (κ3) is 2.94. The minimum absolute atomic E-state index is 0.303. The van der Waals surface area contributed by atoms with Crippen molar-refractivity contribution >= 4 is 61.4 Å². The molecule has 0 spiro atoms. The van der Waals surface area contributed by atoms with E-state index >= 15 is 0 Å². The summed E-state index contributed by atoms with van der Waals surface area (Å²) in [5, 5.41) is 6.75. The summed E-state index contributed by atoms with van der Waals surface area (Å²) in [6, 6.07) is 28.5. The number of fused-ring (bicyclic) bond motifs is 6. The molecule has 6 rings (SSSR count). The Balaban J connectivity index is 1.77. The summed E-state index contributed by atoms with van der Waals surface area (Å²) in [5.41, 5.74) is 1.88. The van der Waals surface area contributed by atoms with Gasteiger partial charge in [0.15, 0.2) is 0 Å². The topological polar surface area (TPSA) is 18.5 Å². The zero-order valence-corrected chi connectivity index (χ0v) is 21.1. The van der Waals surface area contributed by atoms with Gasteiger partial charge in [-0.2, -0.15) is 0 Å². The van der Waals surface area contributed by atoms with Crippen molar-refractivity contribution in [2.75, 3.05) is 0 Å². The normalized spacial score (nSPS) is 17.6. The molecule has 0 bridgehead atoms. The SMILES string of the molecule is CC1(C)OB(c2[te]c3c4ccccc4c4ccccc4c3c2-c2ccccc2)OC1(C)C. The van der Waals surface area contributed by atoms with Crippen LogP contribution in [-0.4, -0.2) is 38.8 Å². The Hall–Kier alpha value is -2.09. The zero-order valence-electron chi connectivity index (χ0n) is 18.8. The van der Waals surface area contributed by atoms with Gasteiger partial charge >= 0.3 is 200 Å². The van der Waals surface area contributed by atoms with Crippen molar-refractivity contribution in [2.24, 2.45) is 0 Å². The molecule has 32 heavy (non-hydrogen) atoms. The molecule has 2 nitrogen and oxygen atoms in total. The molecule has 1 saturated heterocycles. The molecule has 0 aliphatic carbocycles. The average molecular weight is 532 g/mol. The average Bonchev–Trinajstić information content (AvgIpc) is 3.29. The summed E-state index contributed by atoms with van der Waals surface area (Å²) in [6.45, 7) is 8.57. The van der Waals surface area contributed by atoms with Crippen molar-refractivity contribution in [3.05, 3.63) is 78.9 Å². The van der Waals surface area contributed by atoms with Crippen LogP contribution < -0.4 is 3.48 Å². The van der Waals surface area contributed by atoms with Crippen LogP contribution in [0.15, 0.2) is 78.9 Å². The van der Waals surface area contributed by atoms with Crippen LogP contribution in [0.5, 0.6) is 0 Å². The minimum atomic E-state index is -0.689. The summed E-state index contributed by atoms with van der Waals surface area (Å²) < 4.78 is 16.1. The predicted molar refractivity (Wildman–Crippen MR) is 137 cm³/mol. The van der Waals surface area contributed by atoms with Crippen molar-refractivity contribution < 1.29 is 9.31 Å². The Morgan fingerprint density at radius 1 is 0.625 bits per heavy atom. The third-order valence-corrected chi connectivity index (χ3v) is 10.7. The predicted octanol–water partition coefficient (Wildman–Crippen LogP) is 6.17. The molecule has 1 aromatic heterocycles. The number of rotatable bonds is 2. The van der Waals surface area contributed by atoms with Gasteiger partial charge in [-0.15, -0.1) is 0 Å². The van der Waals surface area contributed by atoms with Gasteiger partial charge in [0.2, 0.25) is 0 Å². The molecule has 4 heteroatoms. The van der Waals surface area contributed by atoms with Crippen molar-refractivity contribution in [1.82, 2.24) is 0 Å². The summed E-state index contributed by atoms with van der Waals surface area (Å²) in [4.78, 5) is 0. The van der Waals surface area contributed by atoms with Crippen molar-refractivity contribution in [3.8, 4) is 11.1 Å². The Kier molecular flexibility index (Phi) is 4.62. The van der Waals surface area contributed by atoms with Gasteiger partial charge in [0.1, 0.15) is 0 Å². The first kappa shape index (κ1) is 20.5. The number of hydrogen-bond acceptors (Lipinski definition) is 2. The summed E-state index contributed by atoms with van der Waals surface area (Å²) >= 11 is -0.689. The van der Waals surface area contributed by atoms with E-state index in [1.165, 1.54) is 44.9 Å². The van der Waals surface area contributed by atoms with Crippen molar-refractivity contribution in [1.29, 1.82) is 0 Å². The Morgan fingerprint density at radius 3 is 1.75 bits per heavy atom. The Bertz CT molecular complexity index is 1470. The molecule has 0 atom stereocenters. The second kappa shape index (κ2) is 7.21. The monoisotopic (exact) mass is 534 g/mol. The molecule has 0 unspecified atom stereocenters. The van der Waals surface area contributed by atoms with Crippen LogP contribution in [0.1, 0.15) is 27.7 Å². The van der Waals surface area contributed by atoms with Crippen LogP contribution in [0.3, 0.4) is 0 Å². The zero-order chi connectivity index (χ0) is 22.1. The first-order chi connectivity index (χ1) is 15.4. The third-order valence-electron chi connectivity index (χ3n) is 7.12. The standard InChI is InChI=1S/C28H25BO2Te/c1-27(2)28(3,4)31-29(30-27)26-23(18-12-6-5-7-13-18)24-21-16-10-8-14-19(21)20-15-9-11-17-22(20)25(24)32-26/h5-17H,1-4H3. The molecule has 2 heterocycles. The molecule has 4 aromatic carbocycles. The molecule has 0 amide bonds. The van der Waals surface area contributed by atoms with Gasteiger partial charge in [0, 0.05) is 0 Å². The van der Waals surface area contributed by atoms with Gasteiger partial charge in [-0.1, -0.05) is 0 Å². The van der Waals surface area contributed by atoms with Crippen molar-refractivity contribution in [3.63, 3.8) is 0 Å². The van der Waals surface area contributed by atoms with E-state index in [1.807, 2.05) is 0 Å². The van der Waals surface area contributed by atoms with E-state index in [1.54, 1.807) is 0 Å². The fourth-order valence-corrected chi connectivity index (χ4v) is 8.57. The number of hydrogen-bond donors (Lipinski definition) is 0. The van der Waals surface area contributed by atoms with E-state index in [4.69, 9.17) is 9.31 Å². The molecular formula is C28H25BO2Te. The van der Waals surface area contributed by atoms with E-state index < -0.39 is 20.4 Å². The maximum absolute atomic E-state index is 6.61. The van der Waals surface area contributed by atoms with E-state index in [2.05, 4.69) is 107 Å². The quantitative estimate of drug-likeness (QED) is 0.200. The van der Waals surface area contributed by atoms with Crippen LogP contribution in [0.2, 0.25) is 0 Å². The van der Waals surface area contributed by atoms with E-state index in [9.17, 15) is 0 Å². The second-order valence-corrected chi connectivity index (χ2v) is 12.6. The van der Waals surface area contributed by atoms with E-state index in [0.717, 1.165) is 0 Å². The molecule has 0 N–H and O–H groups in total. The first-order valence-electron chi connectivity index (χ1n) is 11.1. The Labute approximate surface area is 198 Å². The maximum atomic E-state index is 6.61. The van der Waals surface area contributed by atoms with Gasteiger partial charge in [-0.05, 0) is 0 Å². The Morgan fingerprint density at radius 2 is 1.12 bits per heavy atom. The molecule has 0 saturated carbocycles. The van der Waals surface area contributed by atoms with Crippen molar-refractivity contribution in [2.45, 2.75) is 38.9 Å². The van der Waals surface area contributed by atoms with Gasteiger partial charge < -0.3 is 0 Å². The summed E-state index contributed by atoms with van der Waals surface area (Å²) in [6.07, 6.45) is 0. The molecule has 0 radical (unpaired) electrons. The van der Waals surface area contributed by atoms with Crippen LogP contribution in [0.25, 0.3) is 41.5 Å². The van der Waals surface area contributed by atoms with Crippen LogP contribution in [0.4, 0.5) is 0 Å². The molecular weight excluding hydrogens is 507 g/mol. The first-order valence-corrected chi connectivity index (χ1v) is 13.5. The van der Waals surface area contributed by atoms with Crippen LogP contribution in [-0.2, 0) is 9.31 Å². The molecule has 1 aliphatic heterocycles. The summed E-state index contributed by atoms with van der Waals surface area (Å²) in [5.74, 6) is 0. The molecule has 5 aromatic rings. The fourth-order valence-electron chi connectivity index (χ4n) is 4.75. The van der Waals surface area contributed by atoms with Gasteiger partial charge in [0.25, 0.3) is 0 Å².